The molecule has 90 valence electrons. The molecule has 0 saturated heterocycles. The quantitative estimate of drug-likeness (QED) is 0.415. The minimum absolute atomic E-state index is 0.0741. The lowest BCUT2D eigenvalue weighted by atomic mass is 10.3. The average Bonchev–Trinajstić information content (AvgIpc) is 1.99. The van der Waals surface area contributed by atoms with Crippen LogP contribution in [0, 0.1) is 0 Å². The molecule has 0 atom stereocenters. The zero-order valence-corrected chi connectivity index (χ0v) is 8.61. The van der Waals surface area contributed by atoms with Crippen LogP contribution in [0.2, 0.25) is 0 Å². The highest BCUT2D eigenvalue weighted by molar-refractivity contribution is 7.85. The molecule has 0 unspecified atom stereocenters. The molecule has 0 saturated carbocycles. The molecule has 5 N–H and O–H groups in total. The van der Waals surface area contributed by atoms with Gasteiger partial charge in [-0.3, -0.25) is 14.1 Å². The van der Waals surface area contributed by atoms with Crippen molar-refractivity contribution in [1.29, 1.82) is 0 Å². The number of amides is 1. The molecule has 0 aromatic rings. The summed E-state index contributed by atoms with van der Waals surface area (Å²) in [6, 6.07) is 0. The molecule has 0 aromatic heterocycles. The predicted octanol–water partition coefficient (Wildman–Crippen LogP) is -1.80. The lowest BCUT2D eigenvalue weighted by molar-refractivity contribution is -0.138. The van der Waals surface area contributed by atoms with Crippen molar-refractivity contribution in [3.63, 3.8) is 0 Å². The number of hydrogen-bond donors (Lipinski definition) is 4. The molecule has 0 radical (unpaired) electrons. The number of primary amides is 1. The van der Waals surface area contributed by atoms with Gasteiger partial charge in [0.1, 0.15) is 0 Å². The van der Waals surface area contributed by atoms with Gasteiger partial charge in [0.15, 0.2) is 0 Å². The van der Waals surface area contributed by atoms with Gasteiger partial charge < -0.3 is 15.9 Å². The first-order valence-corrected chi connectivity index (χ1v) is 5.36. The van der Waals surface area contributed by atoms with E-state index in [-0.39, 0.29) is 12.8 Å². The fraction of sp³-hybridized carbons (Fsp3) is 0.667. The van der Waals surface area contributed by atoms with E-state index in [4.69, 9.17) is 14.8 Å². The number of aliphatic hydroxyl groups is 1. The molecule has 0 aromatic carbocycles. The van der Waals surface area contributed by atoms with Gasteiger partial charge in [0.2, 0.25) is 5.91 Å². The summed E-state index contributed by atoms with van der Waals surface area (Å²) in [7, 11) is -3.92. The van der Waals surface area contributed by atoms with Gasteiger partial charge in [-0.15, -0.1) is 0 Å². The fourth-order valence-corrected chi connectivity index (χ4v) is 0.576. The first-order valence-electron chi connectivity index (χ1n) is 3.75. The van der Waals surface area contributed by atoms with Crippen LogP contribution >= 0.6 is 0 Å². The van der Waals surface area contributed by atoms with E-state index in [0.717, 1.165) is 0 Å². The molecule has 0 bridgehead atoms. The predicted molar refractivity (Wildman–Crippen MR) is 49.6 cm³/mol. The number of carboxylic acid groups (broad SMARTS) is 1. The van der Waals surface area contributed by atoms with E-state index in [1.165, 1.54) is 0 Å². The molecule has 9 heteroatoms. The summed E-state index contributed by atoms with van der Waals surface area (Å²) in [5.74, 6) is -2.15. The molecule has 0 heterocycles. The van der Waals surface area contributed by atoms with Crippen LogP contribution in [0.4, 0.5) is 0 Å². The summed E-state index contributed by atoms with van der Waals surface area (Å²) in [4.78, 5) is 19.6. The molecule has 0 rings (SSSR count). The third-order valence-electron chi connectivity index (χ3n) is 0.935. The van der Waals surface area contributed by atoms with Crippen molar-refractivity contribution in [2.24, 2.45) is 5.73 Å². The van der Waals surface area contributed by atoms with E-state index in [1.54, 1.807) is 0 Å². The molecule has 0 fully saturated rings. The van der Waals surface area contributed by atoms with Gasteiger partial charge in [-0.05, 0) is 0 Å². The summed E-state index contributed by atoms with van der Waals surface area (Å²) in [6.45, 7) is -0.529. The molecule has 15 heavy (non-hydrogen) atoms. The van der Waals surface area contributed by atoms with Gasteiger partial charge in [0.05, 0.1) is 18.8 Å². The third kappa shape index (κ3) is 24.5. The zero-order valence-electron chi connectivity index (χ0n) is 7.79. The zero-order chi connectivity index (χ0) is 12.5. The number of carbonyl (C=O) groups is 2. The van der Waals surface area contributed by atoms with Crippen molar-refractivity contribution in [2.75, 3.05) is 12.4 Å². The molecule has 0 aliphatic rings. The Balaban J connectivity index is 0. The maximum absolute atomic E-state index is 9.86. The van der Waals surface area contributed by atoms with Crippen LogP contribution in [0.25, 0.3) is 0 Å². The summed E-state index contributed by atoms with van der Waals surface area (Å²) in [6.07, 6.45) is -0.245. The maximum atomic E-state index is 9.86. The molecule has 0 aliphatic heterocycles. The maximum Gasteiger partial charge on any atom is 0.303 e. The van der Waals surface area contributed by atoms with Gasteiger partial charge in [-0.2, -0.15) is 8.42 Å². The van der Waals surface area contributed by atoms with Crippen molar-refractivity contribution < 1.29 is 32.8 Å². The minimum Gasteiger partial charge on any atom is -0.481 e. The van der Waals surface area contributed by atoms with E-state index in [0.29, 0.717) is 0 Å². The normalized spacial score (nSPS) is 10.0. The van der Waals surface area contributed by atoms with Gasteiger partial charge in [-0.25, -0.2) is 0 Å². The van der Waals surface area contributed by atoms with E-state index in [2.05, 4.69) is 5.73 Å². The summed E-state index contributed by atoms with van der Waals surface area (Å²) >= 11 is 0. The van der Waals surface area contributed by atoms with Gasteiger partial charge in [-0.1, -0.05) is 0 Å². The van der Waals surface area contributed by atoms with Gasteiger partial charge in [0, 0.05) is 6.42 Å². The topological polar surface area (TPSA) is 155 Å². The molecular formula is C6H13NO7S. The third-order valence-corrected chi connectivity index (χ3v) is 1.63. The standard InChI is InChI=1S/C4H7NO3.C2H6O4S/c5-3(6)1-2-4(7)8;3-1-2-7(4,5)6/h1-2H2,(H2,5,6)(H,7,8);3H,1-2H2,(H,4,5,6). The van der Waals surface area contributed by atoms with E-state index >= 15 is 0 Å². The Hall–Kier alpha value is -1.19. The Morgan fingerprint density at radius 3 is 1.73 bits per heavy atom. The SMILES string of the molecule is NC(=O)CCC(=O)O.O=S(=O)(O)CCO. The van der Waals surface area contributed by atoms with Gasteiger partial charge in [0.25, 0.3) is 10.1 Å². The second-order valence-corrected chi connectivity index (χ2v) is 3.94. The van der Waals surface area contributed by atoms with E-state index in [1.807, 2.05) is 0 Å². The summed E-state index contributed by atoms with van der Waals surface area (Å²) < 4.78 is 27.1. The van der Waals surface area contributed by atoms with Crippen molar-refractivity contribution in [2.45, 2.75) is 12.8 Å². The number of aliphatic carboxylic acids is 1. The Morgan fingerprint density at radius 2 is 1.67 bits per heavy atom. The Morgan fingerprint density at radius 1 is 1.20 bits per heavy atom. The average molecular weight is 243 g/mol. The highest BCUT2D eigenvalue weighted by atomic mass is 32.2. The highest BCUT2D eigenvalue weighted by Crippen LogP contribution is 1.84. The first-order chi connectivity index (χ1) is 6.69. The van der Waals surface area contributed by atoms with Crippen molar-refractivity contribution in [1.82, 2.24) is 0 Å². The van der Waals surface area contributed by atoms with E-state index in [9.17, 15) is 18.0 Å². The molecule has 8 nitrogen and oxygen atoms in total. The molecule has 0 aliphatic carbocycles. The summed E-state index contributed by atoms with van der Waals surface area (Å²) in [5, 5.41) is 15.8. The monoisotopic (exact) mass is 243 g/mol. The smallest absolute Gasteiger partial charge is 0.303 e. The number of carboxylic acids is 1. The van der Waals surface area contributed by atoms with Crippen LogP contribution in [0.15, 0.2) is 0 Å². The number of hydrogen-bond acceptors (Lipinski definition) is 5. The molecule has 1 amide bonds. The number of rotatable bonds is 5. The Labute approximate surface area is 86.4 Å². The second kappa shape index (κ2) is 8.15. The van der Waals surface area contributed by atoms with Crippen molar-refractivity contribution in [3.05, 3.63) is 0 Å². The van der Waals surface area contributed by atoms with Crippen LogP contribution in [0.1, 0.15) is 12.8 Å². The number of nitrogens with two attached hydrogens (primary N) is 1. The van der Waals surface area contributed by atoms with Crippen LogP contribution in [-0.4, -0.2) is 47.4 Å². The van der Waals surface area contributed by atoms with E-state index < -0.39 is 34.4 Å². The Bertz CT molecular complexity index is 283. The largest absolute Gasteiger partial charge is 0.481 e. The second-order valence-electron chi connectivity index (χ2n) is 2.37. The van der Waals surface area contributed by atoms with Crippen LogP contribution < -0.4 is 5.73 Å². The molecule has 0 spiro atoms. The van der Waals surface area contributed by atoms with Crippen LogP contribution in [0.3, 0.4) is 0 Å². The number of carbonyl (C=O) groups excluding carboxylic acids is 1. The first kappa shape index (κ1) is 16.2. The minimum atomic E-state index is -3.92. The summed E-state index contributed by atoms with van der Waals surface area (Å²) in [5.41, 5.74) is 4.64. The van der Waals surface area contributed by atoms with Crippen LogP contribution in [-0.2, 0) is 19.7 Å². The van der Waals surface area contributed by atoms with Crippen molar-refractivity contribution >= 4 is 22.0 Å². The van der Waals surface area contributed by atoms with Gasteiger partial charge >= 0.3 is 5.97 Å². The highest BCUT2D eigenvalue weighted by Gasteiger charge is 1.99. The Kier molecular flexibility index (Phi) is 8.82. The number of aliphatic hydroxyl groups excluding tert-OH is 1. The van der Waals surface area contributed by atoms with Crippen LogP contribution in [0.5, 0.6) is 0 Å². The lowest BCUT2D eigenvalue weighted by Crippen LogP contribution is -2.12. The molecular weight excluding hydrogens is 230 g/mol. The van der Waals surface area contributed by atoms with Crippen molar-refractivity contribution in [3.8, 4) is 0 Å². The fourth-order valence-electron chi connectivity index (χ4n) is 0.345. The lowest BCUT2D eigenvalue weighted by Gasteiger charge is -1.86.